The van der Waals surface area contributed by atoms with Crippen molar-refractivity contribution < 1.29 is 8.78 Å². The van der Waals surface area contributed by atoms with Crippen molar-refractivity contribution in [3.63, 3.8) is 0 Å². The predicted molar refractivity (Wildman–Crippen MR) is 115 cm³/mol. The Bertz CT molecular complexity index is 1170. The fourth-order valence-electron chi connectivity index (χ4n) is 3.97. The van der Waals surface area contributed by atoms with Gasteiger partial charge in [0.2, 0.25) is 0 Å². The standard InChI is InChI=1S/C26H19ClF2/c1-2-17-3-7-19(8-4-17)21-12-13-23-22(16-21)11-10-20(26(23)29)9-5-18-6-14-24(27)25(28)15-18/h1,6,10-17,19H,3-4,7-8H2. The first-order chi connectivity index (χ1) is 14.0. The van der Waals surface area contributed by atoms with E-state index in [4.69, 9.17) is 18.0 Å². The molecule has 0 radical (unpaired) electrons. The molecule has 3 heteroatoms. The van der Waals surface area contributed by atoms with Crippen molar-refractivity contribution >= 4 is 22.4 Å². The van der Waals surface area contributed by atoms with E-state index in [-0.39, 0.29) is 16.4 Å². The van der Waals surface area contributed by atoms with Crippen LogP contribution in [0.4, 0.5) is 8.78 Å². The van der Waals surface area contributed by atoms with Crippen LogP contribution in [0.5, 0.6) is 0 Å². The van der Waals surface area contributed by atoms with Gasteiger partial charge in [-0.2, -0.15) is 0 Å². The lowest BCUT2D eigenvalue weighted by Gasteiger charge is -2.26. The zero-order valence-electron chi connectivity index (χ0n) is 15.8. The average Bonchev–Trinajstić information content (AvgIpc) is 2.75. The molecule has 1 fully saturated rings. The summed E-state index contributed by atoms with van der Waals surface area (Å²) in [7, 11) is 0. The molecule has 4 rings (SSSR count). The van der Waals surface area contributed by atoms with E-state index in [1.54, 1.807) is 12.1 Å². The molecule has 0 unspecified atom stereocenters. The highest BCUT2D eigenvalue weighted by Gasteiger charge is 2.21. The molecule has 0 bridgehead atoms. The first-order valence-electron chi connectivity index (χ1n) is 9.70. The summed E-state index contributed by atoms with van der Waals surface area (Å²) < 4.78 is 28.5. The Morgan fingerprint density at radius 1 is 0.897 bits per heavy atom. The van der Waals surface area contributed by atoms with E-state index >= 15 is 0 Å². The van der Waals surface area contributed by atoms with Crippen LogP contribution >= 0.6 is 11.6 Å². The molecule has 1 aliphatic carbocycles. The van der Waals surface area contributed by atoms with E-state index in [0.717, 1.165) is 31.1 Å². The number of rotatable bonds is 1. The van der Waals surface area contributed by atoms with Crippen LogP contribution in [0.2, 0.25) is 5.02 Å². The van der Waals surface area contributed by atoms with Crippen LogP contribution < -0.4 is 0 Å². The van der Waals surface area contributed by atoms with Gasteiger partial charge in [-0.25, -0.2) is 8.78 Å². The SMILES string of the molecule is C#CC1CCC(c2ccc3c(F)c(C#Cc4ccc(Cl)c(F)c4)ccc3c2)CC1. The van der Waals surface area contributed by atoms with Crippen molar-refractivity contribution in [2.45, 2.75) is 31.6 Å². The highest BCUT2D eigenvalue weighted by Crippen LogP contribution is 2.36. The van der Waals surface area contributed by atoms with Crippen molar-refractivity contribution in [2.75, 3.05) is 0 Å². The fourth-order valence-corrected chi connectivity index (χ4v) is 4.09. The van der Waals surface area contributed by atoms with Gasteiger partial charge in [0.15, 0.2) is 0 Å². The van der Waals surface area contributed by atoms with Gasteiger partial charge >= 0.3 is 0 Å². The summed E-state index contributed by atoms with van der Waals surface area (Å²) in [6.07, 6.45) is 9.79. The van der Waals surface area contributed by atoms with Crippen LogP contribution in [0.1, 0.15) is 48.3 Å². The Hall–Kier alpha value is -2.81. The second-order valence-corrected chi connectivity index (χ2v) is 7.91. The summed E-state index contributed by atoms with van der Waals surface area (Å²) in [4.78, 5) is 0. The van der Waals surface area contributed by atoms with Gasteiger partial charge < -0.3 is 0 Å². The Kier molecular flexibility index (Phi) is 5.57. The largest absolute Gasteiger partial charge is 0.205 e. The third kappa shape index (κ3) is 4.14. The van der Waals surface area contributed by atoms with Crippen LogP contribution in [0, 0.1) is 41.7 Å². The Balaban J connectivity index is 1.61. The van der Waals surface area contributed by atoms with Crippen molar-refractivity contribution in [1.82, 2.24) is 0 Å². The summed E-state index contributed by atoms with van der Waals surface area (Å²) in [5.74, 6) is 8.44. The number of benzene rings is 3. The maximum absolute atomic E-state index is 15.0. The molecular weight excluding hydrogens is 386 g/mol. The zero-order chi connectivity index (χ0) is 20.4. The van der Waals surface area contributed by atoms with Gasteiger partial charge in [0.1, 0.15) is 11.6 Å². The molecule has 3 aromatic carbocycles. The maximum atomic E-state index is 15.0. The number of halogens is 3. The van der Waals surface area contributed by atoms with E-state index in [0.29, 0.717) is 22.8 Å². The normalized spacial score (nSPS) is 18.7. The molecule has 0 heterocycles. The molecule has 3 aromatic rings. The van der Waals surface area contributed by atoms with Gasteiger partial charge in [-0.1, -0.05) is 47.7 Å². The molecule has 144 valence electrons. The Morgan fingerprint density at radius 2 is 1.69 bits per heavy atom. The lowest BCUT2D eigenvalue weighted by Crippen LogP contribution is -2.11. The minimum absolute atomic E-state index is 0.0380. The highest BCUT2D eigenvalue weighted by molar-refractivity contribution is 6.30. The molecule has 1 saturated carbocycles. The third-order valence-electron chi connectivity index (χ3n) is 5.67. The molecule has 0 amide bonds. The number of hydrogen-bond donors (Lipinski definition) is 0. The van der Waals surface area contributed by atoms with Gasteiger partial charge in [0, 0.05) is 16.9 Å². The smallest absolute Gasteiger partial charge is 0.146 e. The lowest BCUT2D eigenvalue weighted by atomic mass is 9.78. The zero-order valence-corrected chi connectivity index (χ0v) is 16.6. The molecule has 0 nitrogen and oxygen atoms in total. The first-order valence-corrected chi connectivity index (χ1v) is 10.1. The minimum Gasteiger partial charge on any atom is -0.205 e. The van der Waals surface area contributed by atoms with Gasteiger partial charge in [0.05, 0.1) is 10.6 Å². The van der Waals surface area contributed by atoms with Gasteiger partial charge in [0.25, 0.3) is 0 Å². The van der Waals surface area contributed by atoms with E-state index in [2.05, 4.69) is 23.8 Å². The van der Waals surface area contributed by atoms with E-state index in [1.807, 2.05) is 18.2 Å². The second kappa shape index (κ2) is 8.28. The molecule has 0 spiro atoms. The lowest BCUT2D eigenvalue weighted by molar-refractivity contribution is 0.385. The molecule has 29 heavy (non-hydrogen) atoms. The topological polar surface area (TPSA) is 0 Å². The highest BCUT2D eigenvalue weighted by atomic mass is 35.5. The van der Waals surface area contributed by atoms with Crippen LogP contribution in [0.25, 0.3) is 10.8 Å². The number of fused-ring (bicyclic) bond motifs is 1. The van der Waals surface area contributed by atoms with Crippen LogP contribution in [0.3, 0.4) is 0 Å². The summed E-state index contributed by atoms with van der Waals surface area (Å²) in [5, 5.41) is 1.44. The van der Waals surface area contributed by atoms with Crippen LogP contribution in [-0.2, 0) is 0 Å². The monoisotopic (exact) mass is 404 g/mol. The molecule has 0 aliphatic heterocycles. The van der Waals surface area contributed by atoms with Gasteiger partial charge in [-0.05, 0) is 66.8 Å². The summed E-state index contributed by atoms with van der Waals surface area (Å²) in [6, 6.07) is 13.8. The fraction of sp³-hybridized carbons (Fsp3) is 0.231. The van der Waals surface area contributed by atoms with Gasteiger partial charge in [-0.15, -0.1) is 12.3 Å². The summed E-state index contributed by atoms with van der Waals surface area (Å²) in [6.45, 7) is 0. The van der Waals surface area contributed by atoms with Crippen molar-refractivity contribution in [2.24, 2.45) is 5.92 Å². The molecule has 0 saturated heterocycles. The Labute approximate surface area is 174 Å². The molecular formula is C26H19ClF2. The third-order valence-corrected chi connectivity index (χ3v) is 5.98. The van der Waals surface area contributed by atoms with E-state index in [1.165, 1.54) is 17.7 Å². The quantitative estimate of drug-likeness (QED) is 0.380. The molecule has 0 N–H and O–H groups in total. The van der Waals surface area contributed by atoms with Crippen molar-refractivity contribution in [1.29, 1.82) is 0 Å². The molecule has 0 aromatic heterocycles. The second-order valence-electron chi connectivity index (χ2n) is 7.50. The molecule has 1 aliphatic rings. The van der Waals surface area contributed by atoms with Crippen molar-refractivity contribution in [3.05, 3.63) is 81.9 Å². The van der Waals surface area contributed by atoms with Crippen LogP contribution in [0.15, 0.2) is 48.5 Å². The molecule has 0 atom stereocenters. The van der Waals surface area contributed by atoms with Gasteiger partial charge in [-0.3, -0.25) is 0 Å². The predicted octanol–water partition coefficient (Wildman–Crippen LogP) is 7.08. The minimum atomic E-state index is -0.541. The summed E-state index contributed by atoms with van der Waals surface area (Å²) in [5.41, 5.74) is 1.97. The Morgan fingerprint density at radius 3 is 2.41 bits per heavy atom. The average molecular weight is 405 g/mol. The van der Waals surface area contributed by atoms with Crippen molar-refractivity contribution in [3.8, 4) is 24.2 Å². The number of terminal acetylenes is 1. The summed E-state index contributed by atoms with van der Waals surface area (Å²) >= 11 is 5.68. The first kappa shape index (κ1) is 19.5. The van der Waals surface area contributed by atoms with E-state index in [9.17, 15) is 8.78 Å². The number of hydrogen-bond acceptors (Lipinski definition) is 0. The maximum Gasteiger partial charge on any atom is 0.146 e. The van der Waals surface area contributed by atoms with E-state index < -0.39 is 5.82 Å². The van der Waals surface area contributed by atoms with Crippen LogP contribution in [-0.4, -0.2) is 0 Å².